The van der Waals surface area contributed by atoms with Crippen molar-refractivity contribution in [3.63, 3.8) is 0 Å². The third-order valence-corrected chi connectivity index (χ3v) is 11.1. The van der Waals surface area contributed by atoms with Crippen molar-refractivity contribution in [3.05, 3.63) is 175 Å². The number of hydrogen-bond donors (Lipinski definition) is 1. The van der Waals surface area contributed by atoms with Gasteiger partial charge in [-0.3, -0.25) is 0 Å². The molecule has 0 saturated carbocycles. The maximum absolute atomic E-state index is 3.86. The van der Waals surface area contributed by atoms with Crippen molar-refractivity contribution in [2.45, 2.75) is 19.3 Å². The van der Waals surface area contributed by atoms with Gasteiger partial charge in [-0.25, -0.2) is 0 Å². The fourth-order valence-corrected chi connectivity index (χ4v) is 8.59. The van der Waals surface area contributed by atoms with Crippen LogP contribution in [0, 0.1) is 0 Å². The van der Waals surface area contributed by atoms with Crippen LogP contribution >= 0.6 is 11.3 Å². The van der Waals surface area contributed by atoms with Gasteiger partial charge in [-0.2, -0.15) is 0 Å². The molecule has 1 N–H and O–H groups in total. The van der Waals surface area contributed by atoms with Crippen molar-refractivity contribution < 1.29 is 0 Å². The summed E-state index contributed by atoms with van der Waals surface area (Å²) in [6.07, 6.45) is 0. The Morgan fingerprint density at radius 2 is 1.17 bits per heavy atom. The minimum absolute atomic E-state index is 0.167. The molecule has 0 aliphatic carbocycles. The summed E-state index contributed by atoms with van der Waals surface area (Å²) in [4.78, 5) is 2.41. The molecule has 0 unspecified atom stereocenters. The van der Waals surface area contributed by atoms with Gasteiger partial charge in [-0.1, -0.05) is 123 Å². The highest BCUT2D eigenvalue weighted by molar-refractivity contribution is 7.26. The Labute approximate surface area is 285 Å². The van der Waals surface area contributed by atoms with E-state index < -0.39 is 0 Å². The molecule has 0 radical (unpaired) electrons. The van der Waals surface area contributed by atoms with E-state index in [1.807, 2.05) is 11.3 Å². The second-order valence-corrected chi connectivity index (χ2v) is 14.1. The molecule has 7 aromatic carbocycles. The molecule has 2 nitrogen and oxygen atoms in total. The summed E-state index contributed by atoms with van der Waals surface area (Å²) >= 11 is 1.85. The molecule has 0 bridgehead atoms. The molecule has 1 aliphatic rings. The summed E-state index contributed by atoms with van der Waals surface area (Å²) in [5.41, 5.74) is 13.1. The average molecular weight is 635 g/mol. The van der Waals surface area contributed by atoms with Crippen LogP contribution in [-0.2, 0) is 5.41 Å². The van der Waals surface area contributed by atoms with Gasteiger partial charge in [-0.15, -0.1) is 11.3 Å². The molecule has 2 heterocycles. The Bertz CT molecular complexity index is 2460. The van der Waals surface area contributed by atoms with Gasteiger partial charge in [0.25, 0.3) is 0 Å². The normalized spacial score (nSPS) is 13.3. The lowest BCUT2D eigenvalue weighted by Crippen LogP contribution is -2.30. The van der Waals surface area contributed by atoms with Crippen molar-refractivity contribution in [1.29, 1.82) is 0 Å². The summed E-state index contributed by atoms with van der Waals surface area (Å²) < 4.78 is 2.59. The molecule has 8 aromatic rings. The van der Waals surface area contributed by atoms with Crippen molar-refractivity contribution in [2.75, 3.05) is 10.2 Å². The van der Waals surface area contributed by atoms with Crippen LogP contribution in [0.15, 0.2) is 164 Å². The predicted molar refractivity (Wildman–Crippen MR) is 207 cm³/mol. The number of nitrogens with zero attached hydrogens (tertiary/aromatic N) is 1. The second-order valence-electron chi connectivity index (χ2n) is 13.1. The van der Waals surface area contributed by atoms with Gasteiger partial charge in [0.15, 0.2) is 0 Å². The molecule has 1 aliphatic heterocycles. The maximum Gasteiger partial charge on any atom is 0.0590 e. The molecule has 0 spiro atoms. The van der Waals surface area contributed by atoms with Crippen molar-refractivity contribution in [2.24, 2.45) is 0 Å². The lowest BCUT2D eigenvalue weighted by molar-refractivity contribution is 0.632. The Hall–Kier alpha value is -5.64. The fraction of sp³-hybridized carbons (Fsp3) is 0.0667. The molecule has 0 atom stereocenters. The number of benzene rings is 7. The number of para-hydroxylation sites is 2. The summed E-state index contributed by atoms with van der Waals surface area (Å²) in [6, 6.07) is 59.4. The van der Waals surface area contributed by atoms with E-state index in [9.17, 15) is 0 Å². The first-order valence-electron chi connectivity index (χ1n) is 16.5. The Morgan fingerprint density at radius 3 is 2.02 bits per heavy atom. The predicted octanol–water partition coefficient (Wildman–Crippen LogP) is 13.2. The Morgan fingerprint density at radius 1 is 0.500 bits per heavy atom. The molecule has 230 valence electrons. The smallest absolute Gasteiger partial charge is 0.0590 e. The Balaban J connectivity index is 1.17. The van der Waals surface area contributed by atoms with E-state index in [-0.39, 0.29) is 5.41 Å². The molecule has 9 rings (SSSR count). The van der Waals surface area contributed by atoms with Crippen molar-refractivity contribution in [1.82, 2.24) is 0 Å². The molecule has 1 aromatic heterocycles. The Kier molecular flexibility index (Phi) is 6.70. The van der Waals surface area contributed by atoms with Gasteiger partial charge in [0.2, 0.25) is 0 Å². The number of thiophene rings is 1. The van der Waals surface area contributed by atoms with Crippen LogP contribution < -0.4 is 10.2 Å². The highest BCUT2D eigenvalue weighted by Crippen LogP contribution is 2.52. The minimum atomic E-state index is -0.167. The molecule has 0 saturated heterocycles. The topological polar surface area (TPSA) is 15.3 Å². The summed E-state index contributed by atoms with van der Waals surface area (Å²) in [7, 11) is 0. The van der Waals surface area contributed by atoms with Crippen LogP contribution in [0.3, 0.4) is 0 Å². The van der Waals surface area contributed by atoms with E-state index in [2.05, 4.69) is 188 Å². The van der Waals surface area contributed by atoms with Crippen LogP contribution in [-0.4, -0.2) is 0 Å². The lowest BCUT2D eigenvalue weighted by Gasteiger charge is -2.42. The third-order valence-electron chi connectivity index (χ3n) is 9.85. The number of nitrogens with one attached hydrogen (secondary N) is 1. The standard InChI is InChI=1S/C45H34N2S/c1-45(2)37-20-10-11-22-41(37)47(33-16-7-4-8-17-33)42-27-25-32(29-38(42)45)31-24-26-39(36(28-31)30-14-5-3-6-15-30)46-40-21-13-19-35-34-18-9-12-23-43(34)48-44(35)40/h3-29,46H,1-2H3. The van der Waals surface area contributed by atoms with Gasteiger partial charge in [0, 0.05) is 37.8 Å². The monoisotopic (exact) mass is 634 g/mol. The number of fused-ring (bicyclic) bond motifs is 5. The molecule has 0 amide bonds. The van der Waals surface area contributed by atoms with Crippen LogP contribution in [0.25, 0.3) is 42.4 Å². The highest BCUT2D eigenvalue weighted by Gasteiger charge is 2.37. The number of hydrogen-bond acceptors (Lipinski definition) is 3. The lowest BCUT2D eigenvalue weighted by atomic mass is 9.73. The van der Waals surface area contributed by atoms with E-state index in [1.54, 1.807) is 0 Å². The first-order valence-corrected chi connectivity index (χ1v) is 17.3. The molecule has 3 heteroatoms. The van der Waals surface area contributed by atoms with Crippen LogP contribution in [0.2, 0.25) is 0 Å². The van der Waals surface area contributed by atoms with Crippen LogP contribution in [0.4, 0.5) is 28.4 Å². The summed E-state index contributed by atoms with van der Waals surface area (Å²) in [6.45, 7) is 4.71. The summed E-state index contributed by atoms with van der Waals surface area (Å²) in [5.74, 6) is 0. The van der Waals surface area contributed by atoms with Crippen LogP contribution in [0.5, 0.6) is 0 Å². The van der Waals surface area contributed by atoms with Gasteiger partial charge < -0.3 is 10.2 Å². The van der Waals surface area contributed by atoms with Gasteiger partial charge >= 0.3 is 0 Å². The fourth-order valence-electron chi connectivity index (χ4n) is 7.42. The summed E-state index contributed by atoms with van der Waals surface area (Å²) in [5, 5.41) is 6.46. The quantitative estimate of drug-likeness (QED) is 0.203. The van der Waals surface area contributed by atoms with E-state index in [0.29, 0.717) is 0 Å². The van der Waals surface area contributed by atoms with E-state index in [1.165, 1.54) is 70.6 Å². The first kappa shape index (κ1) is 28.6. The van der Waals surface area contributed by atoms with Gasteiger partial charge in [0.1, 0.15) is 0 Å². The molecule has 0 fully saturated rings. The van der Waals surface area contributed by atoms with Gasteiger partial charge in [0.05, 0.1) is 21.8 Å². The van der Waals surface area contributed by atoms with E-state index >= 15 is 0 Å². The molecular weight excluding hydrogens is 601 g/mol. The zero-order valence-electron chi connectivity index (χ0n) is 26.9. The second kappa shape index (κ2) is 11.3. The maximum atomic E-state index is 3.86. The highest BCUT2D eigenvalue weighted by atomic mass is 32.1. The zero-order valence-corrected chi connectivity index (χ0v) is 27.8. The van der Waals surface area contributed by atoms with E-state index in [0.717, 1.165) is 11.4 Å². The van der Waals surface area contributed by atoms with Crippen molar-refractivity contribution >= 4 is 59.9 Å². The zero-order chi connectivity index (χ0) is 32.2. The van der Waals surface area contributed by atoms with E-state index in [4.69, 9.17) is 0 Å². The number of rotatable bonds is 5. The minimum Gasteiger partial charge on any atom is -0.354 e. The average Bonchev–Trinajstić information content (AvgIpc) is 3.53. The van der Waals surface area contributed by atoms with Gasteiger partial charge in [-0.05, 0) is 82.4 Å². The first-order chi connectivity index (χ1) is 23.6. The molecule has 48 heavy (non-hydrogen) atoms. The molecular formula is C45H34N2S. The largest absolute Gasteiger partial charge is 0.354 e. The SMILES string of the molecule is CC1(C)c2ccccc2N(c2ccccc2)c2ccc(-c3ccc(Nc4cccc5c4sc4ccccc45)c(-c4ccccc4)c3)cc21. The third kappa shape index (κ3) is 4.62. The van der Waals surface area contributed by atoms with Crippen LogP contribution in [0.1, 0.15) is 25.0 Å². The van der Waals surface area contributed by atoms with Crippen molar-refractivity contribution in [3.8, 4) is 22.3 Å². The number of anilines is 5.